The fourth-order valence-corrected chi connectivity index (χ4v) is 2.38. The standard InChI is InChI=1S/C16H14ClF2NO2/c1-9-5-10(2)16(12(17)6-9)22-8-15(21)20-14-4-3-11(18)7-13(14)19/h3-7H,8H2,1-2H3,(H,20,21). The molecule has 0 saturated heterocycles. The molecule has 0 radical (unpaired) electrons. The lowest BCUT2D eigenvalue weighted by molar-refractivity contribution is -0.118. The summed E-state index contributed by atoms with van der Waals surface area (Å²) < 4.78 is 31.6. The monoisotopic (exact) mass is 325 g/mol. The molecule has 0 aliphatic heterocycles. The molecular weight excluding hydrogens is 312 g/mol. The summed E-state index contributed by atoms with van der Waals surface area (Å²) in [6, 6.07) is 6.49. The number of carbonyl (C=O) groups excluding carboxylic acids is 1. The van der Waals surface area contributed by atoms with Crippen molar-refractivity contribution >= 4 is 23.2 Å². The molecule has 2 aromatic carbocycles. The van der Waals surface area contributed by atoms with Gasteiger partial charge in [0.1, 0.15) is 17.4 Å². The van der Waals surface area contributed by atoms with Gasteiger partial charge in [0.2, 0.25) is 0 Å². The highest BCUT2D eigenvalue weighted by Crippen LogP contribution is 2.29. The minimum atomic E-state index is -0.849. The van der Waals surface area contributed by atoms with E-state index >= 15 is 0 Å². The lowest BCUT2D eigenvalue weighted by Crippen LogP contribution is -2.21. The van der Waals surface area contributed by atoms with Crippen LogP contribution in [0.5, 0.6) is 5.75 Å². The van der Waals surface area contributed by atoms with Gasteiger partial charge < -0.3 is 10.1 Å². The smallest absolute Gasteiger partial charge is 0.262 e. The zero-order valence-corrected chi connectivity index (χ0v) is 12.8. The maximum Gasteiger partial charge on any atom is 0.262 e. The summed E-state index contributed by atoms with van der Waals surface area (Å²) in [5.74, 6) is -1.73. The lowest BCUT2D eigenvalue weighted by atomic mass is 10.1. The molecular formula is C16H14ClF2NO2. The molecule has 3 nitrogen and oxygen atoms in total. The van der Waals surface area contributed by atoms with Crippen molar-refractivity contribution in [2.24, 2.45) is 0 Å². The highest BCUT2D eigenvalue weighted by molar-refractivity contribution is 6.32. The summed E-state index contributed by atoms with van der Waals surface area (Å²) in [5, 5.41) is 2.71. The van der Waals surface area contributed by atoms with E-state index in [-0.39, 0.29) is 12.3 Å². The Kier molecular flexibility index (Phi) is 4.98. The molecule has 1 amide bonds. The summed E-state index contributed by atoms with van der Waals surface area (Å²) >= 11 is 6.06. The molecule has 6 heteroatoms. The summed E-state index contributed by atoms with van der Waals surface area (Å²) in [6.45, 7) is 3.37. The third kappa shape index (κ3) is 3.95. The molecule has 1 N–H and O–H groups in total. The molecule has 116 valence electrons. The maximum atomic E-state index is 13.4. The summed E-state index contributed by atoms with van der Waals surface area (Å²) in [6.07, 6.45) is 0. The Balaban J connectivity index is 2.02. The first-order chi connectivity index (χ1) is 10.4. The molecule has 0 aliphatic carbocycles. The van der Waals surface area contributed by atoms with E-state index in [0.29, 0.717) is 16.8 Å². The fraction of sp³-hybridized carbons (Fsp3) is 0.188. The van der Waals surface area contributed by atoms with E-state index in [1.807, 2.05) is 19.9 Å². The Hall–Kier alpha value is -2.14. The molecule has 0 saturated carbocycles. The number of nitrogens with one attached hydrogen (secondary N) is 1. The number of halogens is 3. The number of anilines is 1. The minimum absolute atomic E-state index is 0.110. The van der Waals surface area contributed by atoms with Crippen LogP contribution in [0.4, 0.5) is 14.5 Å². The van der Waals surface area contributed by atoms with Gasteiger partial charge in [0.05, 0.1) is 10.7 Å². The van der Waals surface area contributed by atoms with E-state index < -0.39 is 17.5 Å². The zero-order valence-electron chi connectivity index (χ0n) is 12.0. The molecule has 0 bridgehead atoms. The molecule has 0 aliphatic rings. The van der Waals surface area contributed by atoms with E-state index in [4.69, 9.17) is 16.3 Å². The van der Waals surface area contributed by atoms with Crippen molar-refractivity contribution < 1.29 is 18.3 Å². The summed E-state index contributed by atoms with van der Waals surface area (Å²) in [7, 11) is 0. The molecule has 2 rings (SSSR count). The lowest BCUT2D eigenvalue weighted by Gasteiger charge is -2.12. The van der Waals surface area contributed by atoms with E-state index in [1.165, 1.54) is 0 Å². The first kappa shape index (κ1) is 16.2. The molecule has 0 aromatic heterocycles. The third-order valence-electron chi connectivity index (χ3n) is 2.93. The van der Waals surface area contributed by atoms with Gasteiger partial charge in [0.15, 0.2) is 6.61 Å². The van der Waals surface area contributed by atoms with Crippen LogP contribution in [0, 0.1) is 25.5 Å². The Morgan fingerprint density at radius 2 is 1.95 bits per heavy atom. The fourth-order valence-electron chi connectivity index (χ4n) is 2.00. The summed E-state index contributed by atoms with van der Waals surface area (Å²) in [5.41, 5.74) is 1.67. The summed E-state index contributed by atoms with van der Waals surface area (Å²) in [4.78, 5) is 11.8. The number of carbonyl (C=O) groups is 1. The Morgan fingerprint density at radius 3 is 2.59 bits per heavy atom. The van der Waals surface area contributed by atoms with Gasteiger partial charge in [0, 0.05) is 6.07 Å². The number of hydrogen-bond acceptors (Lipinski definition) is 2. The molecule has 22 heavy (non-hydrogen) atoms. The van der Waals surface area contributed by atoms with Crippen LogP contribution in [-0.2, 0) is 4.79 Å². The number of ether oxygens (including phenoxy) is 1. The van der Waals surface area contributed by atoms with Crippen molar-refractivity contribution in [2.75, 3.05) is 11.9 Å². The van der Waals surface area contributed by atoms with E-state index in [1.54, 1.807) is 6.07 Å². The van der Waals surface area contributed by atoms with Crippen LogP contribution < -0.4 is 10.1 Å². The minimum Gasteiger partial charge on any atom is -0.482 e. The van der Waals surface area contributed by atoms with Crippen LogP contribution in [0.25, 0.3) is 0 Å². The van der Waals surface area contributed by atoms with Gasteiger partial charge >= 0.3 is 0 Å². The van der Waals surface area contributed by atoms with Crippen molar-refractivity contribution in [1.29, 1.82) is 0 Å². The van der Waals surface area contributed by atoms with Gasteiger partial charge in [-0.05, 0) is 43.2 Å². The van der Waals surface area contributed by atoms with Gasteiger partial charge in [-0.15, -0.1) is 0 Å². The SMILES string of the molecule is Cc1cc(C)c(OCC(=O)Nc2ccc(F)cc2F)c(Cl)c1. The van der Waals surface area contributed by atoms with Gasteiger partial charge in [-0.25, -0.2) is 8.78 Å². The van der Waals surface area contributed by atoms with Crippen LogP contribution in [0.15, 0.2) is 30.3 Å². The van der Waals surface area contributed by atoms with E-state index in [0.717, 1.165) is 23.3 Å². The molecule has 0 unspecified atom stereocenters. The topological polar surface area (TPSA) is 38.3 Å². The van der Waals surface area contributed by atoms with Crippen LogP contribution in [0.2, 0.25) is 5.02 Å². The Labute approximate surface area is 131 Å². The first-order valence-electron chi connectivity index (χ1n) is 6.51. The van der Waals surface area contributed by atoms with Crippen molar-refractivity contribution in [3.63, 3.8) is 0 Å². The number of rotatable bonds is 4. The first-order valence-corrected chi connectivity index (χ1v) is 6.89. The Bertz CT molecular complexity index is 696. The van der Waals surface area contributed by atoms with Crippen LogP contribution in [0.1, 0.15) is 11.1 Å². The number of amides is 1. The second-order valence-corrected chi connectivity index (χ2v) is 5.26. The highest BCUT2D eigenvalue weighted by Gasteiger charge is 2.11. The number of benzene rings is 2. The van der Waals surface area contributed by atoms with Crippen molar-refractivity contribution in [1.82, 2.24) is 0 Å². The molecule has 0 fully saturated rings. The van der Waals surface area contributed by atoms with Crippen LogP contribution in [0.3, 0.4) is 0 Å². The van der Waals surface area contributed by atoms with E-state index in [2.05, 4.69) is 5.32 Å². The number of hydrogen-bond donors (Lipinski definition) is 1. The van der Waals surface area contributed by atoms with Crippen molar-refractivity contribution in [3.8, 4) is 5.75 Å². The van der Waals surface area contributed by atoms with Gasteiger partial charge in [0.25, 0.3) is 5.91 Å². The number of aryl methyl sites for hydroxylation is 2. The average Bonchev–Trinajstić information content (AvgIpc) is 2.40. The highest BCUT2D eigenvalue weighted by atomic mass is 35.5. The normalized spacial score (nSPS) is 10.4. The van der Waals surface area contributed by atoms with Crippen molar-refractivity contribution in [2.45, 2.75) is 13.8 Å². The molecule has 0 heterocycles. The molecule has 2 aromatic rings. The predicted octanol–water partition coefficient (Wildman–Crippen LogP) is 4.25. The Morgan fingerprint density at radius 1 is 1.23 bits per heavy atom. The average molecular weight is 326 g/mol. The maximum absolute atomic E-state index is 13.4. The second-order valence-electron chi connectivity index (χ2n) is 4.85. The van der Waals surface area contributed by atoms with Gasteiger partial charge in [-0.2, -0.15) is 0 Å². The zero-order chi connectivity index (χ0) is 16.3. The second kappa shape index (κ2) is 6.75. The van der Waals surface area contributed by atoms with Crippen LogP contribution >= 0.6 is 11.6 Å². The molecule has 0 spiro atoms. The quantitative estimate of drug-likeness (QED) is 0.912. The van der Waals surface area contributed by atoms with Gasteiger partial charge in [-0.3, -0.25) is 4.79 Å². The third-order valence-corrected chi connectivity index (χ3v) is 3.21. The predicted molar refractivity (Wildman–Crippen MR) is 81.4 cm³/mol. The van der Waals surface area contributed by atoms with Crippen molar-refractivity contribution in [3.05, 3.63) is 58.1 Å². The largest absolute Gasteiger partial charge is 0.482 e. The van der Waals surface area contributed by atoms with E-state index in [9.17, 15) is 13.6 Å². The molecule has 0 atom stereocenters. The van der Waals surface area contributed by atoms with Gasteiger partial charge in [-0.1, -0.05) is 17.7 Å². The van der Waals surface area contributed by atoms with Crippen LogP contribution in [-0.4, -0.2) is 12.5 Å².